The van der Waals surface area contributed by atoms with E-state index in [-0.39, 0.29) is 12.2 Å². The zero-order valence-electron chi connectivity index (χ0n) is 7.13. The number of hydrogen-bond acceptors (Lipinski definition) is 4. The fourth-order valence-corrected chi connectivity index (χ4v) is 0.504. The Bertz CT molecular complexity index is 237. The summed E-state index contributed by atoms with van der Waals surface area (Å²) in [6, 6.07) is 1.60. The summed E-state index contributed by atoms with van der Waals surface area (Å²) in [5.74, 6) is -0.850. The van der Waals surface area contributed by atoms with Gasteiger partial charge in [0.25, 0.3) is 0 Å². The van der Waals surface area contributed by atoms with Crippen LogP contribution in [0.4, 0.5) is 0 Å². The summed E-state index contributed by atoms with van der Waals surface area (Å²) < 4.78 is 4.53. The first-order chi connectivity index (χ1) is 5.46. The lowest BCUT2D eigenvalue weighted by atomic mass is 9.99. The van der Waals surface area contributed by atoms with Crippen LogP contribution in [-0.4, -0.2) is 23.3 Å². The van der Waals surface area contributed by atoms with Gasteiger partial charge in [-0.05, 0) is 13.8 Å². The third-order valence-electron chi connectivity index (χ3n) is 1.40. The number of nitriles is 1. The number of carbonyl (C=O) groups excluding carboxylic acids is 1. The van der Waals surface area contributed by atoms with Crippen LogP contribution in [0.15, 0.2) is 12.2 Å². The van der Waals surface area contributed by atoms with Crippen molar-refractivity contribution in [3.63, 3.8) is 0 Å². The predicted octanol–water partition coefficient (Wildman–Crippen LogP) is 0.380. The molecule has 0 aromatic carbocycles. The number of carbonyl (C=O) groups is 1. The molecule has 1 unspecified atom stereocenters. The van der Waals surface area contributed by atoms with E-state index >= 15 is 0 Å². The van der Waals surface area contributed by atoms with Gasteiger partial charge >= 0.3 is 5.97 Å². The number of ether oxygens (including phenoxy) is 1. The molecule has 12 heavy (non-hydrogen) atoms. The summed E-state index contributed by atoms with van der Waals surface area (Å²) in [5, 5.41) is 17.8. The Balaban J connectivity index is 4.52. The highest BCUT2D eigenvalue weighted by molar-refractivity contribution is 5.83. The molecule has 66 valence electrons. The zero-order chi connectivity index (χ0) is 9.78. The van der Waals surface area contributed by atoms with Crippen molar-refractivity contribution in [3.05, 3.63) is 12.2 Å². The van der Waals surface area contributed by atoms with Crippen molar-refractivity contribution in [1.82, 2.24) is 0 Å². The molecule has 0 aliphatic carbocycles. The summed E-state index contributed by atoms with van der Waals surface area (Å²) in [5.41, 5.74) is -2.12. The minimum atomic E-state index is -1.90. The van der Waals surface area contributed by atoms with Crippen LogP contribution in [0.25, 0.3) is 0 Å². The predicted molar refractivity (Wildman–Crippen MR) is 42.0 cm³/mol. The van der Waals surface area contributed by atoms with Crippen LogP contribution < -0.4 is 0 Å². The number of esters is 1. The van der Waals surface area contributed by atoms with E-state index in [9.17, 15) is 9.90 Å². The fraction of sp³-hybridized carbons (Fsp3) is 0.500. The SMILES string of the molecule is C=C(C#N)C(C)(O)C(=O)OCC. The number of rotatable bonds is 3. The minimum Gasteiger partial charge on any atom is -0.464 e. The van der Waals surface area contributed by atoms with Gasteiger partial charge in [0, 0.05) is 0 Å². The first kappa shape index (κ1) is 10.7. The van der Waals surface area contributed by atoms with E-state index in [4.69, 9.17) is 5.26 Å². The normalized spacial score (nSPS) is 14.2. The van der Waals surface area contributed by atoms with Crippen LogP contribution in [0.5, 0.6) is 0 Å². The molecule has 4 nitrogen and oxygen atoms in total. The van der Waals surface area contributed by atoms with Gasteiger partial charge < -0.3 is 9.84 Å². The smallest absolute Gasteiger partial charge is 0.343 e. The zero-order valence-corrected chi connectivity index (χ0v) is 7.13. The Morgan fingerprint density at radius 1 is 1.83 bits per heavy atom. The van der Waals surface area contributed by atoms with Crippen LogP contribution in [0.1, 0.15) is 13.8 Å². The molecular weight excluding hydrogens is 158 g/mol. The van der Waals surface area contributed by atoms with Crippen molar-refractivity contribution in [2.24, 2.45) is 0 Å². The van der Waals surface area contributed by atoms with Crippen LogP contribution in [0, 0.1) is 11.3 Å². The van der Waals surface area contributed by atoms with Crippen molar-refractivity contribution in [2.75, 3.05) is 6.61 Å². The molecule has 0 saturated heterocycles. The van der Waals surface area contributed by atoms with Crippen molar-refractivity contribution in [2.45, 2.75) is 19.4 Å². The monoisotopic (exact) mass is 169 g/mol. The lowest BCUT2D eigenvalue weighted by Crippen LogP contribution is -2.38. The Hall–Kier alpha value is -1.34. The van der Waals surface area contributed by atoms with E-state index in [1.807, 2.05) is 0 Å². The molecule has 0 radical (unpaired) electrons. The van der Waals surface area contributed by atoms with Crippen molar-refractivity contribution < 1.29 is 14.6 Å². The Morgan fingerprint density at radius 2 is 2.33 bits per heavy atom. The van der Waals surface area contributed by atoms with Crippen molar-refractivity contribution >= 4 is 5.97 Å². The van der Waals surface area contributed by atoms with Gasteiger partial charge in [0.05, 0.1) is 18.2 Å². The first-order valence-electron chi connectivity index (χ1n) is 3.45. The average molecular weight is 169 g/mol. The second kappa shape index (κ2) is 3.88. The van der Waals surface area contributed by atoms with Crippen LogP contribution >= 0.6 is 0 Å². The van der Waals surface area contributed by atoms with Crippen LogP contribution in [0.3, 0.4) is 0 Å². The van der Waals surface area contributed by atoms with Crippen LogP contribution in [-0.2, 0) is 9.53 Å². The molecule has 0 spiro atoms. The topological polar surface area (TPSA) is 70.3 Å². The molecule has 0 saturated carbocycles. The van der Waals surface area contributed by atoms with E-state index in [1.54, 1.807) is 13.0 Å². The number of nitrogens with zero attached hydrogens (tertiary/aromatic N) is 1. The van der Waals surface area contributed by atoms with Gasteiger partial charge in [-0.3, -0.25) is 0 Å². The summed E-state index contributed by atoms with van der Waals surface area (Å²) >= 11 is 0. The Labute approximate surface area is 71.1 Å². The summed E-state index contributed by atoms with van der Waals surface area (Å²) in [7, 11) is 0. The van der Waals surface area contributed by atoms with Gasteiger partial charge in [0.2, 0.25) is 0 Å². The van der Waals surface area contributed by atoms with Crippen molar-refractivity contribution in [1.29, 1.82) is 5.26 Å². The molecule has 0 heterocycles. The Kier molecular flexibility index (Phi) is 3.45. The second-order valence-electron chi connectivity index (χ2n) is 2.38. The highest BCUT2D eigenvalue weighted by Gasteiger charge is 2.35. The standard InChI is InChI=1S/C8H11NO3/c1-4-12-7(10)8(3,11)6(2)5-9/h11H,2,4H2,1,3H3. The molecule has 1 atom stereocenters. The molecule has 1 N–H and O–H groups in total. The quantitative estimate of drug-likeness (QED) is 0.489. The lowest BCUT2D eigenvalue weighted by Gasteiger charge is -2.18. The molecular formula is C8H11NO3. The van der Waals surface area contributed by atoms with Gasteiger partial charge in [-0.15, -0.1) is 0 Å². The maximum absolute atomic E-state index is 11.0. The number of aliphatic hydroxyl groups is 1. The third kappa shape index (κ3) is 2.07. The van der Waals surface area contributed by atoms with Gasteiger partial charge in [-0.25, -0.2) is 4.79 Å². The average Bonchev–Trinajstić information content (AvgIpc) is 2.03. The molecule has 0 bridgehead atoms. The fourth-order valence-electron chi connectivity index (χ4n) is 0.504. The lowest BCUT2D eigenvalue weighted by molar-refractivity contribution is -0.158. The molecule has 0 amide bonds. The maximum atomic E-state index is 11.0. The molecule has 0 rings (SSSR count). The van der Waals surface area contributed by atoms with E-state index in [2.05, 4.69) is 11.3 Å². The summed E-state index contributed by atoms with van der Waals surface area (Å²) in [4.78, 5) is 11.0. The summed E-state index contributed by atoms with van der Waals surface area (Å²) in [6.45, 7) is 6.19. The summed E-state index contributed by atoms with van der Waals surface area (Å²) in [6.07, 6.45) is 0. The third-order valence-corrected chi connectivity index (χ3v) is 1.40. The maximum Gasteiger partial charge on any atom is 0.343 e. The molecule has 0 fully saturated rings. The molecule has 0 aromatic rings. The Morgan fingerprint density at radius 3 is 2.67 bits per heavy atom. The van der Waals surface area contributed by atoms with E-state index in [1.165, 1.54) is 6.92 Å². The van der Waals surface area contributed by atoms with Gasteiger partial charge in [-0.1, -0.05) is 6.58 Å². The van der Waals surface area contributed by atoms with Crippen molar-refractivity contribution in [3.8, 4) is 6.07 Å². The largest absolute Gasteiger partial charge is 0.464 e. The van der Waals surface area contributed by atoms with E-state index < -0.39 is 11.6 Å². The second-order valence-corrected chi connectivity index (χ2v) is 2.38. The van der Waals surface area contributed by atoms with E-state index in [0.29, 0.717) is 0 Å². The van der Waals surface area contributed by atoms with Gasteiger partial charge in [0.15, 0.2) is 5.60 Å². The minimum absolute atomic E-state index is 0.160. The molecule has 0 aliphatic heterocycles. The molecule has 4 heteroatoms. The first-order valence-corrected chi connectivity index (χ1v) is 3.45. The van der Waals surface area contributed by atoms with E-state index in [0.717, 1.165) is 0 Å². The highest BCUT2D eigenvalue weighted by atomic mass is 16.5. The number of hydrogen-bond donors (Lipinski definition) is 1. The highest BCUT2D eigenvalue weighted by Crippen LogP contribution is 2.15. The van der Waals surface area contributed by atoms with Crippen LogP contribution in [0.2, 0.25) is 0 Å². The molecule has 0 aromatic heterocycles. The van der Waals surface area contributed by atoms with Gasteiger partial charge in [0.1, 0.15) is 0 Å². The van der Waals surface area contributed by atoms with Gasteiger partial charge in [-0.2, -0.15) is 5.26 Å². The molecule has 0 aliphatic rings.